The van der Waals surface area contributed by atoms with Crippen molar-refractivity contribution in [2.75, 3.05) is 0 Å². The van der Waals surface area contributed by atoms with Crippen LogP contribution in [0.25, 0.3) is 10.8 Å². The molecule has 1 unspecified atom stereocenters. The zero-order valence-corrected chi connectivity index (χ0v) is 14.0. The largest absolute Gasteiger partial charge is 0.430 e. The molecule has 1 aliphatic rings. The lowest BCUT2D eigenvalue weighted by atomic mass is 9.77. The van der Waals surface area contributed by atoms with Gasteiger partial charge in [0, 0.05) is 5.39 Å². The maximum atomic E-state index is 13.0. The Labute approximate surface area is 145 Å². The summed E-state index contributed by atoms with van der Waals surface area (Å²) in [7, 11) is 0. The zero-order valence-electron chi connectivity index (χ0n) is 14.0. The lowest BCUT2D eigenvalue weighted by Crippen LogP contribution is -2.45. The minimum Gasteiger partial charge on any atom is -0.430 e. The molecule has 4 rings (SSSR count). The first-order valence-electron chi connectivity index (χ1n) is 8.50. The molecular formula is C21H19NO3. The topological polar surface area (TPSA) is 59.3 Å². The second kappa shape index (κ2) is 5.88. The van der Waals surface area contributed by atoms with E-state index in [2.05, 4.69) is 24.4 Å². The molecule has 1 N–H and O–H groups in total. The SMILES string of the molecule is CC1(NC(=O)c2coc(=O)c3ccccc23)CCCc2ccccc21. The van der Waals surface area contributed by atoms with Gasteiger partial charge in [0.25, 0.3) is 5.91 Å². The summed E-state index contributed by atoms with van der Waals surface area (Å²) in [5, 5.41) is 4.21. The smallest absolute Gasteiger partial charge is 0.343 e. The summed E-state index contributed by atoms with van der Waals surface area (Å²) in [4.78, 5) is 24.9. The van der Waals surface area contributed by atoms with Gasteiger partial charge in [-0.05, 0) is 43.4 Å². The Hall–Kier alpha value is -2.88. The molecule has 0 spiro atoms. The number of nitrogens with one attached hydrogen (secondary N) is 1. The minimum atomic E-state index is -0.429. The molecule has 0 bridgehead atoms. The van der Waals surface area contributed by atoms with E-state index in [-0.39, 0.29) is 5.91 Å². The van der Waals surface area contributed by atoms with Crippen LogP contribution in [0.4, 0.5) is 0 Å². The molecule has 3 aromatic rings. The highest BCUT2D eigenvalue weighted by Crippen LogP contribution is 2.35. The molecule has 0 saturated carbocycles. The van der Waals surface area contributed by atoms with Crippen molar-refractivity contribution in [1.29, 1.82) is 0 Å². The second-order valence-electron chi connectivity index (χ2n) is 6.78. The van der Waals surface area contributed by atoms with Gasteiger partial charge in [-0.3, -0.25) is 4.79 Å². The number of rotatable bonds is 2. The lowest BCUT2D eigenvalue weighted by Gasteiger charge is -2.37. The first-order valence-corrected chi connectivity index (χ1v) is 8.50. The second-order valence-corrected chi connectivity index (χ2v) is 6.78. The molecule has 4 nitrogen and oxygen atoms in total. The molecule has 1 atom stereocenters. The van der Waals surface area contributed by atoms with Crippen LogP contribution in [-0.4, -0.2) is 5.91 Å². The summed E-state index contributed by atoms with van der Waals surface area (Å²) in [5.74, 6) is -0.223. The fourth-order valence-electron chi connectivity index (χ4n) is 3.80. The van der Waals surface area contributed by atoms with Gasteiger partial charge in [-0.2, -0.15) is 0 Å². The van der Waals surface area contributed by atoms with Gasteiger partial charge in [0.1, 0.15) is 6.26 Å². The van der Waals surface area contributed by atoms with E-state index >= 15 is 0 Å². The van der Waals surface area contributed by atoms with Crippen LogP contribution >= 0.6 is 0 Å². The van der Waals surface area contributed by atoms with Gasteiger partial charge in [0.05, 0.1) is 16.5 Å². The van der Waals surface area contributed by atoms with Crippen molar-refractivity contribution in [3.05, 3.63) is 81.9 Å². The molecule has 1 heterocycles. The third-order valence-electron chi connectivity index (χ3n) is 5.09. The van der Waals surface area contributed by atoms with E-state index in [1.54, 1.807) is 18.2 Å². The van der Waals surface area contributed by atoms with Crippen LogP contribution in [0.1, 0.15) is 41.3 Å². The predicted molar refractivity (Wildman–Crippen MR) is 96.7 cm³/mol. The van der Waals surface area contributed by atoms with Crippen molar-refractivity contribution in [2.45, 2.75) is 31.7 Å². The normalized spacial score (nSPS) is 19.4. The van der Waals surface area contributed by atoms with Gasteiger partial charge in [-0.15, -0.1) is 0 Å². The monoisotopic (exact) mass is 333 g/mol. The van der Waals surface area contributed by atoms with E-state index < -0.39 is 11.2 Å². The molecule has 1 amide bonds. The minimum absolute atomic E-state index is 0.223. The quantitative estimate of drug-likeness (QED) is 0.776. The van der Waals surface area contributed by atoms with E-state index in [1.807, 2.05) is 18.2 Å². The molecule has 1 aromatic heterocycles. The Morgan fingerprint density at radius 2 is 1.80 bits per heavy atom. The van der Waals surface area contributed by atoms with Crippen molar-refractivity contribution in [1.82, 2.24) is 5.32 Å². The number of aryl methyl sites for hydroxylation is 1. The molecule has 126 valence electrons. The van der Waals surface area contributed by atoms with E-state index in [0.29, 0.717) is 16.3 Å². The van der Waals surface area contributed by atoms with Crippen LogP contribution in [0.3, 0.4) is 0 Å². The van der Waals surface area contributed by atoms with E-state index in [1.165, 1.54) is 11.8 Å². The summed E-state index contributed by atoms with van der Waals surface area (Å²) in [6, 6.07) is 15.3. The van der Waals surface area contributed by atoms with Crippen LogP contribution in [0, 0.1) is 0 Å². The number of amides is 1. The van der Waals surface area contributed by atoms with E-state index in [9.17, 15) is 9.59 Å². The van der Waals surface area contributed by atoms with Crippen molar-refractivity contribution < 1.29 is 9.21 Å². The summed E-state index contributed by atoms with van der Waals surface area (Å²) in [6.45, 7) is 2.06. The summed E-state index contributed by atoms with van der Waals surface area (Å²) >= 11 is 0. The number of carbonyl (C=O) groups is 1. The number of benzene rings is 2. The van der Waals surface area contributed by atoms with Crippen LogP contribution in [0.15, 0.2) is 64.0 Å². The highest BCUT2D eigenvalue weighted by Gasteiger charge is 2.33. The molecule has 0 fully saturated rings. The number of fused-ring (bicyclic) bond motifs is 2. The maximum Gasteiger partial charge on any atom is 0.343 e. The molecule has 25 heavy (non-hydrogen) atoms. The highest BCUT2D eigenvalue weighted by atomic mass is 16.4. The average molecular weight is 333 g/mol. The molecule has 0 radical (unpaired) electrons. The van der Waals surface area contributed by atoms with Crippen molar-refractivity contribution >= 4 is 16.7 Å². The van der Waals surface area contributed by atoms with Gasteiger partial charge in [-0.25, -0.2) is 4.79 Å². The summed E-state index contributed by atoms with van der Waals surface area (Å²) < 4.78 is 5.07. The Kier molecular flexibility index (Phi) is 3.68. The molecule has 2 aromatic carbocycles. The summed E-state index contributed by atoms with van der Waals surface area (Å²) in [6.07, 6.45) is 4.20. The highest BCUT2D eigenvalue weighted by molar-refractivity contribution is 6.06. The third-order valence-corrected chi connectivity index (χ3v) is 5.09. The zero-order chi connectivity index (χ0) is 17.4. The Bertz CT molecular complexity index is 1020. The average Bonchev–Trinajstić information content (AvgIpc) is 2.62. The Morgan fingerprint density at radius 1 is 1.08 bits per heavy atom. The van der Waals surface area contributed by atoms with Crippen molar-refractivity contribution in [3.8, 4) is 0 Å². The first kappa shape index (κ1) is 15.6. The number of carbonyl (C=O) groups excluding carboxylic acids is 1. The van der Waals surface area contributed by atoms with Gasteiger partial charge in [-0.1, -0.05) is 42.5 Å². The predicted octanol–water partition coefficient (Wildman–Crippen LogP) is 3.77. The fraction of sp³-hybridized carbons (Fsp3) is 0.238. The van der Waals surface area contributed by atoms with Crippen molar-refractivity contribution in [2.24, 2.45) is 0 Å². The molecule has 4 heteroatoms. The van der Waals surface area contributed by atoms with Crippen molar-refractivity contribution in [3.63, 3.8) is 0 Å². The number of hydrogen-bond acceptors (Lipinski definition) is 3. The summed E-state index contributed by atoms with van der Waals surface area (Å²) in [5.41, 5.74) is 1.97. The van der Waals surface area contributed by atoms with Crippen LogP contribution in [0.5, 0.6) is 0 Å². The maximum absolute atomic E-state index is 13.0. The third kappa shape index (κ3) is 2.64. The Balaban J connectivity index is 1.75. The number of hydrogen-bond donors (Lipinski definition) is 1. The van der Waals surface area contributed by atoms with Gasteiger partial charge >= 0.3 is 5.63 Å². The standard InChI is InChI=1S/C21H19NO3/c1-21(12-6-8-14-7-2-5-11-18(14)21)22-19(23)17-13-25-20(24)16-10-4-3-9-15(16)17/h2-5,7,9-11,13H,6,8,12H2,1H3,(H,22,23). The van der Waals surface area contributed by atoms with Crippen LogP contribution in [0.2, 0.25) is 0 Å². The van der Waals surface area contributed by atoms with Crippen LogP contribution < -0.4 is 10.9 Å². The first-order chi connectivity index (χ1) is 12.1. The van der Waals surface area contributed by atoms with Gasteiger partial charge in [0.15, 0.2) is 0 Å². The van der Waals surface area contributed by atoms with Gasteiger partial charge < -0.3 is 9.73 Å². The van der Waals surface area contributed by atoms with E-state index in [0.717, 1.165) is 24.8 Å². The fourth-order valence-corrected chi connectivity index (χ4v) is 3.80. The molecule has 0 saturated heterocycles. The molecule has 0 aliphatic heterocycles. The molecular weight excluding hydrogens is 314 g/mol. The Morgan fingerprint density at radius 3 is 2.64 bits per heavy atom. The van der Waals surface area contributed by atoms with Gasteiger partial charge in [0.2, 0.25) is 0 Å². The lowest BCUT2D eigenvalue weighted by molar-refractivity contribution is 0.0894. The van der Waals surface area contributed by atoms with E-state index in [4.69, 9.17) is 4.42 Å². The van der Waals surface area contributed by atoms with Crippen LogP contribution in [-0.2, 0) is 12.0 Å². The molecule has 1 aliphatic carbocycles.